The van der Waals surface area contributed by atoms with Gasteiger partial charge in [-0.15, -0.1) is 0 Å². The van der Waals surface area contributed by atoms with Gasteiger partial charge in [-0.1, -0.05) is 42.3 Å². The molecule has 156 valence electrons. The van der Waals surface area contributed by atoms with E-state index in [1.165, 1.54) is 0 Å². The Hall–Kier alpha value is -1.59. The molecule has 0 spiro atoms. The van der Waals surface area contributed by atoms with Gasteiger partial charge >= 0.3 is 0 Å². The summed E-state index contributed by atoms with van der Waals surface area (Å²) >= 11 is 6.47. The summed E-state index contributed by atoms with van der Waals surface area (Å²) in [4.78, 5) is 0. The van der Waals surface area contributed by atoms with E-state index in [1.807, 2.05) is 30.3 Å². The minimum absolute atomic E-state index is 0.217. The van der Waals surface area contributed by atoms with Gasteiger partial charge in [0.25, 0.3) is 0 Å². The summed E-state index contributed by atoms with van der Waals surface area (Å²) < 4.78 is 0. The van der Waals surface area contributed by atoms with Crippen LogP contribution in [0.25, 0.3) is 0 Å². The SMILES string of the molecule is CC(C)(O)C12CCCC(c3ccc(Cl)c(Cc4ccc(O)cc4)c3)(C(O)C1)C2O. The van der Waals surface area contributed by atoms with Crippen LogP contribution in [0.15, 0.2) is 42.5 Å². The summed E-state index contributed by atoms with van der Waals surface area (Å²) in [6, 6.07) is 12.7. The Kier molecular flexibility index (Phi) is 4.98. The van der Waals surface area contributed by atoms with E-state index >= 15 is 0 Å². The number of fused-ring (bicyclic) bond motifs is 2. The molecule has 0 saturated heterocycles. The van der Waals surface area contributed by atoms with E-state index in [9.17, 15) is 20.4 Å². The fraction of sp³-hybridized carbons (Fsp3) is 0.500. The van der Waals surface area contributed by atoms with Crippen molar-refractivity contribution in [3.63, 3.8) is 0 Å². The third-order valence-electron chi connectivity index (χ3n) is 7.51. The normalized spacial score (nSPS) is 31.8. The van der Waals surface area contributed by atoms with Gasteiger partial charge in [0.05, 0.1) is 17.8 Å². The molecular weight excluding hydrogens is 388 g/mol. The number of hydrogen-bond acceptors (Lipinski definition) is 4. The zero-order chi connectivity index (χ0) is 21.0. The van der Waals surface area contributed by atoms with Gasteiger partial charge in [0, 0.05) is 15.9 Å². The van der Waals surface area contributed by atoms with Crippen LogP contribution in [-0.2, 0) is 11.8 Å². The van der Waals surface area contributed by atoms with E-state index < -0.39 is 28.6 Å². The van der Waals surface area contributed by atoms with E-state index in [2.05, 4.69) is 0 Å². The van der Waals surface area contributed by atoms with Gasteiger partial charge in [0.15, 0.2) is 0 Å². The summed E-state index contributed by atoms with van der Waals surface area (Å²) in [5, 5.41) is 43.6. The highest BCUT2D eigenvalue weighted by Crippen LogP contribution is 2.63. The van der Waals surface area contributed by atoms with Gasteiger partial charge in [-0.05, 0) is 74.4 Å². The molecule has 4 nitrogen and oxygen atoms in total. The predicted octanol–water partition coefficient (Wildman–Crippen LogP) is 3.94. The van der Waals surface area contributed by atoms with Crippen molar-refractivity contribution in [2.24, 2.45) is 5.41 Å². The highest BCUT2D eigenvalue weighted by Gasteiger charge is 2.68. The number of benzene rings is 2. The van der Waals surface area contributed by atoms with Crippen LogP contribution in [0, 0.1) is 5.41 Å². The van der Waals surface area contributed by atoms with Gasteiger partial charge in [-0.25, -0.2) is 0 Å². The summed E-state index contributed by atoms with van der Waals surface area (Å²) in [5.74, 6) is 0.217. The lowest BCUT2D eigenvalue weighted by atomic mass is 9.58. The maximum atomic E-state index is 11.5. The highest BCUT2D eigenvalue weighted by molar-refractivity contribution is 6.31. The largest absolute Gasteiger partial charge is 0.508 e. The van der Waals surface area contributed by atoms with E-state index in [0.717, 1.165) is 23.1 Å². The Morgan fingerprint density at radius 2 is 1.76 bits per heavy atom. The first-order valence-corrected chi connectivity index (χ1v) is 10.6. The lowest BCUT2D eigenvalue weighted by Crippen LogP contribution is -2.57. The maximum Gasteiger partial charge on any atom is 0.115 e. The molecule has 2 aliphatic carbocycles. The van der Waals surface area contributed by atoms with Crippen LogP contribution in [0.3, 0.4) is 0 Å². The maximum absolute atomic E-state index is 11.5. The van der Waals surface area contributed by atoms with Crippen molar-refractivity contribution in [3.05, 3.63) is 64.2 Å². The number of phenols is 1. The highest BCUT2D eigenvalue weighted by atomic mass is 35.5. The topological polar surface area (TPSA) is 80.9 Å². The second-order valence-electron chi connectivity index (χ2n) is 9.38. The van der Waals surface area contributed by atoms with Crippen molar-refractivity contribution in [1.29, 1.82) is 0 Å². The molecule has 4 unspecified atom stereocenters. The Balaban J connectivity index is 1.75. The van der Waals surface area contributed by atoms with Gasteiger partial charge in [0.1, 0.15) is 5.75 Å². The molecule has 0 heterocycles. The van der Waals surface area contributed by atoms with Gasteiger partial charge in [-0.3, -0.25) is 0 Å². The molecule has 4 rings (SSSR count). The van der Waals surface area contributed by atoms with Crippen molar-refractivity contribution in [2.75, 3.05) is 0 Å². The zero-order valence-corrected chi connectivity index (χ0v) is 17.7. The van der Waals surface area contributed by atoms with Crippen molar-refractivity contribution in [3.8, 4) is 5.75 Å². The first-order valence-electron chi connectivity index (χ1n) is 10.3. The number of halogens is 1. The molecule has 0 radical (unpaired) electrons. The first-order chi connectivity index (χ1) is 13.6. The molecule has 29 heavy (non-hydrogen) atoms. The van der Waals surface area contributed by atoms with E-state index in [4.69, 9.17) is 11.6 Å². The lowest BCUT2D eigenvalue weighted by molar-refractivity contribution is -0.141. The third kappa shape index (κ3) is 3.09. The minimum atomic E-state index is -1.09. The molecule has 0 amide bonds. The first kappa shape index (κ1) is 20.7. The fourth-order valence-electron chi connectivity index (χ4n) is 5.77. The smallest absolute Gasteiger partial charge is 0.115 e. The zero-order valence-electron chi connectivity index (χ0n) is 16.9. The second-order valence-corrected chi connectivity index (χ2v) is 9.79. The van der Waals surface area contributed by atoms with Crippen LogP contribution in [0.2, 0.25) is 5.02 Å². The van der Waals surface area contributed by atoms with E-state index in [0.29, 0.717) is 30.7 Å². The van der Waals surface area contributed by atoms with Crippen LogP contribution in [0.1, 0.15) is 56.2 Å². The van der Waals surface area contributed by atoms with Crippen molar-refractivity contribution < 1.29 is 20.4 Å². The molecule has 2 aromatic rings. The Bertz CT molecular complexity index is 904. The molecule has 4 N–H and O–H groups in total. The fourth-order valence-corrected chi connectivity index (χ4v) is 5.96. The van der Waals surface area contributed by atoms with E-state index in [-0.39, 0.29) is 5.75 Å². The standard InChI is InChI=1S/C24H29ClO4/c1-22(2,29)23-10-3-11-24(21(23)28,20(27)14-23)17-6-9-19(25)16(13-17)12-15-4-7-18(26)8-5-15/h4-9,13,20-21,26-29H,3,10-12,14H2,1-2H3. The quantitative estimate of drug-likeness (QED) is 0.608. The molecule has 2 fully saturated rings. The number of rotatable bonds is 4. The molecule has 2 bridgehead atoms. The predicted molar refractivity (Wildman–Crippen MR) is 113 cm³/mol. The summed E-state index contributed by atoms with van der Waals surface area (Å²) in [5.41, 5.74) is 0.197. The van der Waals surface area contributed by atoms with Crippen LogP contribution >= 0.6 is 11.6 Å². The lowest BCUT2D eigenvalue weighted by Gasteiger charge is -2.50. The van der Waals surface area contributed by atoms with Gasteiger partial charge in [0.2, 0.25) is 0 Å². The molecule has 5 heteroatoms. The van der Waals surface area contributed by atoms with Gasteiger partial charge < -0.3 is 20.4 Å². The van der Waals surface area contributed by atoms with Crippen LogP contribution < -0.4 is 0 Å². The molecule has 0 aliphatic heterocycles. The average molecular weight is 417 g/mol. The number of aliphatic hydroxyl groups is 3. The molecule has 2 saturated carbocycles. The van der Waals surface area contributed by atoms with Crippen molar-refractivity contribution >= 4 is 11.6 Å². The Morgan fingerprint density at radius 3 is 2.41 bits per heavy atom. The number of phenolic OH excluding ortho intramolecular Hbond substituents is 1. The van der Waals surface area contributed by atoms with Crippen molar-refractivity contribution in [2.45, 2.75) is 69.2 Å². The average Bonchev–Trinajstić information content (AvgIpc) is 2.78. The Morgan fingerprint density at radius 1 is 1.07 bits per heavy atom. The van der Waals surface area contributed by atoms with Crippen LogP contribution in [-0.4, -0.2) is 38.2 Å². The monoisotopic (exact) mass is 416 g/mol. The van der Waals surface area contributed by atoms with Crippen LogP contribution in [0.4, 0.5) is 0 Å². The molecule has 2 aromatic carbocycles. The second kappa shape index (κ2) is 6.98. The van der Waals surface area contributed by atoms with Gasteiger partial charge in [-0.2, -0.15) is 0 Å². The van der Waals surface area contributed by atoms with E-state index in [1.54, 1.807) is 26.0 Å². The molecule has 0 aromatic heterocycles. The van der Waals surface area contributed by atoms with Crippen LogP contribution in [0.5, 0.6) is 5.75 Å². The third-order valence-corrected chi connectivity index (χ3v) is 7.88. The molecule has 2 aliphatic rings. The Labute approximate surface area is 176 Å². The molecule has 4 atom stereocenters. The minimum Gasteiger partial charge on any atom is -0.508 e. The summed E-state index contributed by atoms with van der Waals surface area (Å²) in [6.07, 6.45) is 1.63. The summed E-state index contributed by atoms with van der Waals surface area (Å²) in [7, 11) is 0. The summed E-state index contributed by atoms with van der Waals surface area (Å²) in [6.45, 7) is 3.48. The number of aromatic hydroxyl groups is 1. The van der Waals surface area contributed by atoms with Crippen molar-refractivity contribution in [1.82, 2.24) is 0 Å². The number of aliphatic hydroxyl groups excluding tert-OH is 2. The molecular formula is C24H29ClO4. The number of hydrogen-bond donors (Lipinski definition) is 4.